The van der Waals surface area contributed by atoms with E-state index < -0.39 is 10.0 Å². The van der Waals surface area contributed by atoms with Gasteiger partial charge < -0.3 is 4.90 Å². The summed E-state index contributed by atoms with van der Waals surface area (Å²) in [4.78, 5) is 14.4. The topological polar surface area (TPSA) is 57.7 Å². The molecule has 1 saturated heterocycles. The number of hydrogen-bond acceptors (Lipinski definition) is 3. The van der Waals surface area contributed by atoms with Gasteiger partial charge in [-0.3, -0.25) is 4.79 Å². The fraction of sp³-hybridized carbons (Fsp3) is 0.938. The Morgan fingerprint density at radius 2 is 1.77 bits per heavy atom. The summed E-state index contributed by atoms with van der Waals surface area (Å²) in [5, 5.41) is 0. The van der Waals surface area contributed by atoms with Crippen LogP contribution in [0.2, 0.25) is 0 Å². The van der Waals surface area contributed by atoms with Gasteiger partial charge in [-0.2, -0.15) is 0 Å². The third kappa shape index (κ3) is 5.23. The minimum absolute atomic E-state index is 0.0345. The van der Waals surface area contributed by atoms with Gasteiger partial charge in [0.1, 0.15) is 0 Å². The van der Waals surface area contributed by atoms with E-state index in [0.717, 1.165) is 6.42 Å². The first-order valence-corrected chi connectivity index (χ1v) is 10.0. The van der Waals surface area contributed by atoms with Crippen LogP contribution in [0.1, 0.15) is 53.4 Å². The Morgan fingerprint density at radius 1 is 1.23 bits per heavy atom. The van der Waals surface area contributed by atoms with Gasteiger partial charge in [0.2, 0.25) is 15.9 Å². The van der Waals surface area contributed by atoms with E-state index in [1.54, 1.807) is 4.31 Å². The molecule has 0 spiro atoms. The summed E-state index contributed by atoms with van der Waals surface area (Å²) >= 11 is 0. The van der Waals surface area contributed by atoms with Crippen LogP contribution in [0.25, 0.3) is 0 Å². The lowest BCUT2D eigenvalue weighted by Crippen LogP contribution is -2.46. The molecule has 0 unspecified atom stereocenters. The Kier molecular flexibility index (Phi) is 7.32. The third-order valence-corrected chi connectivity index (χ3v) is 6.56. The molecule has 1 rings (SSSR count). The van der Waals surface area contributed by atoms with Crippen molar-refractivity contribution in [3.05, 3.63) is 0 Å². The van der Waals surface area contributed by atoms with Crippen molar-refractivity contribution < 1.29 is 13.2 Å². The summed E-state index contributed by atoms with van der Waals surface area (Å²) in [6.07, 6.45) is 2.91. The summed E-state index contributed by atoms with van der Waals surface area (Å²) in [5.41, 5.74) is 0. The zero-order valence-corrected chi connectivity index (χ0v) is 15.5. The van der Waals surface area contributed by atoms with E-state index in [1.807, 2.05) is 18.9 Å². The van der Waals surface area contributed by atoms with Crippen LogP contribution in [0.4, 0.5) is 0 Å². The molecule has 5 nitrogen and oxygen atoms in total. The predicted molar refractivity (Wildman–Crippen MR) is 90.1 cm³/mol. The Hall–Kier alpha value is -0.620. The van der Waals surface area contributed by atoms with Crippen molar-refractivity contribution in [3.8, 4) is 0 Å². The van der Waals surface area contributed by atoms with Gasteiger partial charge in [-0.05, 0) is 38.5 Å². The Bertz CT molecular complexity index is 454. The van der Waals surface area contributed by atoms with Crippen molar-refractivity contribution in [3.63, 3.8) is 0 Å². The van der Waals surface area contributed by atoms with Crippen molar-refractivity contribution in [1.29, 1.82) is 0 Å². The zero-order valence-electron chi connectivity index (χ0n) is 14.7. The molecule has 0 bridgehead atoms. The summed E-state index contributed by atoms with van der Waals surface area (Å²) in [6, 6.07) is 0.231. The highest BCUT2D eigenvalue weighted by Gasteiger charge is 2.32. The summed E-state index contributed by atoms with van der Waals surface area (Å²) in [7, 11) is -1.26. The number of carbonyl (C=O) groups excluding carboxylic acids is 1. The highest BCUT2D eigenvalue weighted by atomic mass is 32.2. The molecule has 1 atom stereocenters. The van der Waals surface area contributed by atoms with Crippen LogP contribution in [0, 0.1) is 11.8 Å². The highest BCUT2D eigenvalue weighted by Crippen LogP contribution is 2.23. The second-order valence-corrected chi connectivity index (χ2v) is 9.01. The van der Waals surface area contributed by atoms with E-state index in [-0.39, 0.29) is 23.6 Å². The fourth-order valence-electron chi connectivity index (χ4n) is 3.11. The van der Waals surface area contributed by atoms with E-state index in [0.29, 0.717) is 38.3 Å². The predicted octanol–water partition coefficient (Wildman–Crippen LogP) is 2.33. The van der Waals surface area contributed by atoms with Gasteiger partial charge in [0, 0.05) is 32.1 Å². The molecule has 1 aliphatic rings. The molecule has 1 aliphatic heterocycles. The van der Waals surface area contributed by atoms with Crippen molar-refractivity contribution in [2.75, 3.05) is 25.9 Å². The number of sulfonamides is 1. The van der Waals surface area contributed by atoms with Gasteiger partial charge in [0.15, 0.2) is 0 Å². The average molecular weight is 333 g/mol. The second-order valence-electron chi connectivity index (χ2n) is 6.92. The first kappa shape index (κ1) is 19.4. The second kappa shape index (κ2) is 8.29. The molecule has 22 heavy (non-hydrogen) atoms. The van der Waals surface area contributed by atoms with Crippen LogP contribution in [0.3, 0.4) is 0 Å². The lowest BCUT2D eigenvalue weighted by atomic mass is 9.95. The van der Waals surface area contributed by atoms with E-state index in [4.69, 9.17) is 0 Å². The van der Waals surface area contributed by atoms with Gasteiger partial charge in [0.25, 0.3) is 0 Å². The molecule has 0 aliphatic carbocycles. The molecule has 1 fully saturated rings. The SMILES string of the molecule is CCCS(=O)(=O)N1CCC(C(=O)N(C)[C@H](C)CC(C)C)CC1. The number of hydrogen-bond donors (Lipinski definition) is 0. The van der Waals surface area contributed by atoms with Crippen molar-refractivity contribution in [2.45, 2.75) is 59.4 Å². The molecule has 0 radical (unpaired) electrons. The number of rotatable bonds is 7. The highest BCUT2D eigenvalue weighted by molar-refractivity contribution is 7.89. The molecular formula is C16H32N2O3S. The first-order chi connectivity index (χ1) is 10.2. The zero-order chi connectivity index (χ0) is 16.9. The molecule has 130 valence electrons. The maximum atomic E-state index is 12.6. The van der Waals surface area contributed by atoms with Crippen molar-refractivity contribution >= 4 is 15.9 Å². The van der Waals surface area contributed by atoms with E-state index >= 15 is 0 Å². The molecule has 0 saturated carbocycles. The molecule has 1 amide bonds. The van der Waals surface area contributed by atoms with Gasteiger partial charge in [-0.25, -0.2) is 12.7 Å². The quantitative estimate of drug-likeness (QED) is 0.719. The van der Waals surface area contributed by atoms with Crippen molar-refractivity contribution in [2.24, 2.45) is 11.8 Å². The smallest absolute Gasteiger partial charge is 0.225 e. The number of nitrogens with zero attached hydrogens (tertiary/aromatic N) is 2. The number of carbonyl (C=O) groups is 1. The largest absolute Gasteiger partial charge is 0.343 e. The molecular weight excluding hydrogens is 300 g/mol. The van der Waals surface area contributed by atoms with Gasteiger partial charge in [-0.15, -0.1) is 0 Å². The Morgan fingerprint density at radius 3 is 2.23 bits per heavy atom. The summed E-state index contributed by atoms with van der Waals surface area (Å²) in [6.45, 7) is 9.23. The molecule has 0 aromatic carbocycles. The summed E-state index contributed by atoms with van der Waals surface area (Å²) in [5.74, 6) is 0.899. The average Bonchev–Trinajstić information content (AvgIpc) is 2.45. The van der Waals surface area contributed by atoms with Gasteiger partial charge in [0.05, 0.1) is 5.75 Å². The van der Waals surface area contributed by atoms with Gasteiger partial charge >= 0.3 is 0 Å². The first-order valence-electron chi connectivity index (χ1n) is 8.43. The lowest BCUT2D eigenvalue weighted by molar-refractivity contribution is -0.137. The fourth-order valence-corrected chi connectivity index (χ4v) is 4.65. The van der Waals surface area contributed by atoms with E-state index in [1.165, 1.54) is 0 Å². The van der Waals surface area contributed by atoms with Crippen LogP contribution in [-0.2, 0) is 14.8 Å². The van der Waals surface area contributed by atoms with Crippen LogP contribution < -0.4 is 0 Å². The molecule has 0 aromatic rings. The number of piperidine rings is 1. The molecule has 6 heteroatoms. The van der Waals surface area contributed by atoms with E-state index in [9.17, 15) is 13.2 Å². The third-order valence-electron chi connectivity index (χ3n) is 4.48. The molecule has 1 heterocycles. The molecule has 0 N–H and O–H groups in total. The Balaban J connectivity index is 2.55. The monoisotopic (exact) mass is 332 g/mol. The lowest BCUT2D eigenvalue weighted by Gasteiger charge is -2.34. The van der Waals surface area contributed by atoms with Crippen LogP contribution >= 0.6 is 0 Å². The Labute approximate surface area is 136 Å². The van der Waals surface area contributed by atoms with Crippen LogP contribution in [-0.4, -0.2) is 55.5 Å². The van der Waals surface area contributed by atoms with Gasteiger partial charge in [-0.1, -0.05) is 20.8 Å². The minimum atomic E-state index is -3.13. The maximum absolute atomic E-state index is 12.6. The minimum Gasteiger partial charge on any atom is -0.343 e. The normalized spacial score (nSPS) is 19.4. The number of amides is 1. The summed E-state index contributed by atoms with van der Waals surface area (Å²) < 4.78 is 25.7. The van der Waals surface area contributed by atoms with Crippen LogP contribution in [0.15, 0.2) is 0 Å². The van der Waals surface area contributed by atoms with Crippen molar-refractivity contribution in [1.82, 2.24) is 9.21 Å². The maximum Gasteiger partial charge on any atom is 0.225 e. The molecule has 0 aromatic heterocycles. The van der Waals surface area contributed by atoms with Crippen LogP contribution in [0.5, 0.6) is 0 Å². The van der Waals surface area contributed by atoms with E-state index in [2.05, 4.69) is 20.8 Å². The standard InChI is InChI=1S/C16H32N2O3S/c1-6-11-22(20,21)18-9-7-15(8-10-18)16(19)17(5)14(4)12-13(2)3/h13-15H,6-12H2,1-5H3/t14-/m1/s1.